The van der Waals surface area contributed by atoms with Gasteiger partial charge in [-0.2, -0.15) is 5.10 Å². The summed E-state index contributed by atoms with van der Waals surface area (Å²) in [5, 5.41) is 7.99. The maximum absolute atomic E-state index is 6.11. The average molecular weight is 275 g/mol. The molecule has 0 atom stereocenters. The molecule has 1 aliphatic heterocycles. The third kappa shape index (κ3) is 1.99. The predicted molar refractivity (Wildman–Crippen MR) is 84.8 cm³/mol. The number of nitrogen functional groups attached to an aromatic ring is 1. The summed E-state index contributed by atoms with van der Waals surface area (Å²) in [5.41, 5.74) is 11.1. The van der Waals surface area contributed by atoms with Crippen LogP contribution in [0.2, 0.25) is 0 Å². The number of hydrogen-bond acceptors (Lipinski definition) is 4. The molecule has 1 aliphatic rings. The van der Waals surface area contributed by atoms with E-state index >= 15 is 0 Å². The number of allylic oxidation sites excluding steroid dienone is 1. The van der Waals surface area contributed by atoms with Gasteiger partial charge < -0.3 is 5.73 Å². The number of nitrogens with zero attached hydrogens (tertiary/aromatic N) is 3. The van der Waals surface area contributed by atoms with Gasteiger partial charge >= 0.3 is 0 Å². The van der Waals surface area contributed by atoms with Gasteiger partial charge in [-0.25, -0.2) is 4.98 Å². The van der Waals surface area contributed by atoms with E-state index in [4.69, 9.17) is 5.73 Å². The summed E-state index contributed by atoms with van der Waals surface area (Å²) < 4.78 is 0. The van der Waals surface area contributed by atoms with Crippen molar-refractivity contribution in [1.82, 2.24) is 15.2 Å². The van der Waals surface area contributed by atoms with Crippen molar-refractivity contribution < 1.29 is 0 Å². The molecule has 0 saturated heterocycles. The topological polar surface area (TPSA) is 80.0 Å². The van der Waals surface area contributed by atoms with Crippen LogP contribution in [-0.2, 0) is 0 Å². The van der Waals surface area contributed by atoms with Crippen molar-refractivity contribution in [2.45, 2.75) is 6.42 Å². The second-order valence-electron chi connectivity index (χ2n) is 4.99. The fraction of sp³-hybridized carbons (Fsp3) is 0.0625. The van der Waals surface area contributed by atoms with Crippen LogP contribution in [0.3, 0.4) is 0 Å². The zero-order valence-corrected chi connectivity index (χ0v) is 11.2. The number of nitrogens with two attached hydrogens (primary N) is 1. The zero-order valence-electron chi connectivity index (χ0n) is 11.2. The Morgan fingerprint density at radius 2 is 2.10 bits per heavy atom. The van der Waals surface area contributed by atoms with E-state index in [2.05, 4.69) is 38.4 Å². The van der Waals surface area contributed by atoms with E-state index in [1.54, 1.807) is 6.20 Å². The van der Waals surface area contributed by atoms with Crippen LogP contribution >= 0.6 is 0 Å². The van der Waals surface area contributed by atoms with Crippen LogP contribution < -0.4 is 5.73 Å². The van der Waals surface area contributed by atoms with E-state index in [1.165, 1.54) is 0 Å². The number of hydrogen-bond donors (Lipinski definition) is 2. The van der Waals surface area contributed by atoms with Gasteiger partial charge in [-0.1, -0.05) is 12.1 Å². The molecule has 5 heteroatoms. The van der Waals surface area contributed by atoms with Crippen molar-refractivity contribution in [3.8, 4) is 11.3 Å². The number of nitrogens with one attached hydrogen (secondary N) is 1. The Labute approximate surface area is 121 Å². The van der Waals surface area contributed by atoms with Crippen molar-refractivity contribution >= 4 is 28.5 Å². The fourth-order valence-electron chi connectivity index (χ4n) is 2.55. The van der Waals surface area contributed by atoms with Gasteiger partial charge in [0.25, 0.3) is 0 Å². The molecule has 102 valence electrons. The number of benzene rings is 1. The first-order valence-electron chi connectivity index (χ1n) is 6.72. The minimum Gasteiger partial charge on any atom is -0.383 e. The van der Waals surface area contributed by atoms with Gasteiger partial charge in [-0.3, -0.25) is 10.1 Å². The molecule has 0 bridgehead atoms. The van der Waals surface area contributed by atoms with Crippen molar-refractivity contribution in [2.75, 3.05) is 5.73 Å². The van der Waals surface area contributed by atoms with Crippen LogP contribution in [0.1, 0.15) is 12.0 Å². The van der Waals surface area contributed by atoms with Gasteiger partial charge in [-0.05, 0) is 23.8 Å². The summed E-state index contributed by atoms with van der Waals surface area (Å²) in [7, 11) is 0. The van der Waals surface area contributed by atoms with E-state index < -0.39 is 0 Å². The normalized spacial score (nSPS) is 13.8. The zero-order chi connectivity index (χ0) is 14.2. The summed E-state index contributed by atoms with van der Waals surface area (Å²) in [6, 6.07) is 10.1. The summed E-state index contributed by atoms with van der Waals surface area (Å²) in [6.45, 7) is 0. The van der Waals surface area contributed by atoms with Gasteiger partial charge in [0.15, 0.2) is 0 Å². The minimum atomic E-state index is 0.543. The third-order valence-corrected chi connectivity index (χ3v) is 3.65. The first-order valence-corrected chi connectivity index (χ1v) is 6.72. The van der Waals surface area contributed by atoms with Crippen molar-refractivity contribution in [1.29, 1.82) is 0 Å². The lowest BCUT2D eigenvalue weighted by atomic mass is 10.0. The van der Waals surface area contributed by atoms with E-state index in [0.29, 0.717) is 5.82 Å². The maximum atomic E-state index is 6.11. The predicted octanol–water partition coefficient (Wildman–Crippen LogP) is 3.02. The Balaban J connectivity index is 1.85. The monoisotopic (exact) mass is 275 g/mol. The molecule has 0 fully saturated rings. The summed E-state index contributed by atoms with van der Waals surface area (Å²) >= 11 is 0. The lowest BCUT2D eigenvalue weighted by molar-refractivity contribution is 1.10. The Morgan fingerprint density at radius 3 is 2.86 bits per heavy atom. The summed E-state index contributed by atoms with van der Waals surface area (Å²) in [5.74, 6) is 0.543. The molecule has 0 amide bonds. The van der Waals surface area contributed by atoms with Gasteiger partial charge in [0.05, 0.1) is 11.2 Å². The van der Waals surface area contributed by atoms with Crippen LogP contribution in [0, 0.1) is 0 Å². The smallest absolute Gasteiger partial charge is 0.131 e. The molecule has 3 aromatic rings. The highest BCUT2D eigenvalue weighted by molar-refractivity contribution is 5.93. The SMILES string of the molecule is Nc1nc2cc(-c3ccn[nH]3)ccc2cc1C1=CN=CC1. The minimum absolute atomic E-state index is 0.543. The van der Waals surface area contributed by atoms with Crippen molar-refractivity contribution in [3.05, 3.63) is 48.3 Å². The molecule has 4 rings (SSSR count). The Hall–Kier alpha value is -2.95. The molecule has 0 spiro atoms. The molecule has 2 aromatic heterocycles. The Bertz CT molecular complexity index is 875. The average Bonchev–Trinajstić information content (AvgIpc) is 3.19. The number of aliphatic imine (C=N–C) groups is 1. The molecule has 21 heavy (non-hydrogen) atoms. The van der Waals surface area contributed by atoms with Crippen molar-refractivity contribution in [2.24, 2.45) is 4.99 Å². The molecule has 0 aliphatic carbocycles. The second-order valence-corrected chi connectivity index (χ2v) is 4.99. The van der Waals surface area contributed by atoms with Crippen LogP contribution in [0.5, 0.6) is 0 Å². The van der Waals surface area contributed by atoms with E-state index in [1.807, 2.05) is 24.5 Å². The third-order valence-electron chi connectivity index (χ3n) is 3.65. The standard InChI is InChI=1S/C16H13N5/c17-16-13(12-3-5-18-9-12)7-10-1-2-11(8-15(10)20-16)14-4-6-19-21-14/h1-2,4-9H,3H2,(H2,17,20)(H,19,21). The van der Waals surface area contributed by atoms with E-state index in [0.717, 1.165) is 39.7 Å². The number of pyridine rings is 1. The Morgan fingerprint density at radius 1 is 1.14 bits per heavy atom. The highest BCUT2D eigenvalue weighted by Gasteiger charge is 2.11. The van der Waals surface area contributed by atoms with Crippen LogP contribution in [0.15, 0.2) is 47.7 Å². The van der Waals surface area contributed by atoms with Gasteiger partial charge in [0.2, 0.25) is 0 Å². The molecule has 0 radical (unpaired) electrons. The van der Waals surface area contributed by atoms with Crippen molar-refractivity contribution in [3.63, 3.8) is 0 Å². The number of aromatic nitrogens is 3. The van der Waals surface area contributed by atoms with Crippen LogP contribution in [0.4, 0.5) is 5.82 Å². The molecule has 5 nitrogen and oxygen atoms in total. The molecule has 3 N–H and O–H groups in total. The van der Waals surface area contributed by atoms with Gasteiger partial charge in [-0.15, -0.1) is 0 Å². The molecule has 1 aromatic carbocycles. The molecule has 3 heterocycles. The largest absolute Gasteiger partial charge is 0.383 e. The number of aromatic amines is 1. The number of H-pyrrole nitrogens is 1. The first-order chi connectivity index (χ1) is 10.3. The molecular weight excluding hydrogens is 262 g/mol. The van der Waals surface area contributed by atoms with Gasteiger partial charge in [0.1, 0.15) is 5.82 Å². The second kappa shape index (κ2) is 4.56. The van der Waals surface area contributed by atoms with Crippen LogP contribution in [0.25, 0.3) is 27.7 Å². The first kappa shape index (κ1) is 11.8. The van der Waals surface area contributed by atoms with E-state index in [9.17, 15) is 0 Å². The molecule has 0 unspecified atom stereocenters. The maximum Gasteiger partial charge on any atom is 0.131 e. The number of anilines is 1. The lowest BCUT2D eigenvalue weighted by Gasteiger charge is -2.08. The quantitative estimate of drug-likeness (QED) is 0.754. The van der Waals surface area contributed by atoms with Crippen LogP contribution in [-0.4, -0.2) is 21.4 Å². The summed E-state index contributed by atoms with van der Waals surface area (Å²) in [4.78, 5) is 8.67. The highest BCUT2D eigenvalue weighted by Crippen LogP contribution is 2.30. The number of fused-ring (bicyclic) bond motifs is 1. The lowest BCUT2D eigenvalue weighted by Crippen LogP contribution is -1.98. The Kier molecular flexibility index (Phi) is 2.57. The highest BCUT2D eigenvalue weighted by atomic mass is 15.1. The number of rotatable bonds is 2. The molecule has 0 saturated carbocycles. The summed E-state index contributed by atoms with van der Waals surface area (Å²) in [6.07, 6.45) is 6.26. The fourth-order valence-corrected chi connectivity index (χ4v) is 2.55. The molecular formula is C16H13N5. The van der Waals surface area contributed by atoms with Gasteiger partial charge in [0, 0.05) is 41.5 Å². The van der Waals surface area contributed by atoms with E-state index in [-0.39, 0.29) is 0 Å².